The Kier molecular flexibility index (Phi) is 5.07. The highest BCUT2D eigenvalue weighted by Gasteiger charge is 2.40. The van der Waals surface area contributed by atoms with Crippen molar-refractivity contribution < 1.29 is 14.3 Å². The van der Waals surface area contributed by atoms with Gasteiger partial charge in [0, 0.05) is 12.2 Å². The van der Waals surface area contributed by atoms with Crippen LogP contribution in [0.4, 0.5) is 5.82 Å². The number of hydrogen-bond donors (Lipinski definition) is 0. The molecule has 2 aliphatic rings. The molecule has 1 atom stereocenters. The van der Waals surface area contributed by atoms with Gasteiger partial charge in [0.25, 0.3) is 0 Å². The second kappa shape index (κ2) is 7.66. The number of aromatic nitrogens is 1. The van der Waals surface area contributed by atoms with Crippen LogP contribution in [0.3, 0.4) is 0 Å². The Morgan fingerprint density at radius 2 is 1.96 bits per heavy atom. The molecule has 5 heteroatoms. The number of hydrogen-bond acceptors (Lipinski definition) is 4. The van der Waals surface area contributed by atoms with Crippen molar-refractivity contribution in [3.8, 4) is 11.5 Å². The van der Waals surface area contributed by atoms with Gasteiger partial charge in [0.15, 0.2) is 11.5 Å². The molecule has 0 saturated heterocycles. The summed E-state index contributed by atoms with van der Waals surface area (Å²) in [6.45, 7) is 6.13. The lowest BCUT2D eigenvalue weighted by molar-refractivity contribution is -0.122. The zero-order valence-corrected chi connectivity index (χ0v) is 16.3. The molecular weight excluding hydrogens is 352 g/mol. The first kappa shape index (κ1) is 18.5. The second-order valence-corrected chi connectivity index (χ2v) is 7.63. The predicted octanol–water partition coefficient (Wildman–Crippen LogP) is 4.62. The fraction of sp³-hybridized carbons (Fsp3) is 0.391. The molecule has 1 unspecified atom stereocenters. The van der Waals surface area contributed by atoms with Crippen LogP contribution in [0, 0.1) is 0 Å². The fourth-order valence-electron chi connectivity index (χ4n) is 4.09. The highest BCUT2D eigenvalue weighted by Crippen LogP contribution is 2.39. The molecule has 5 nitrogen and oxygen atoms in total. The summed E-state index contributed by atoms with van der Waals surface area (Å²) < 4.78 is 10.9. The average Bonchev–Trinajstić information content (AvgIpc) is 3.23. The van der Waals surface area contributed by atoms with Crippen molar-refractivity contribution in [1.82, 2.24) is 4.98 Å². The van der Waals surface area contributed by atoms with E-state index in [2.05, 4.69) is 11.6 Å². The maximum Gasteiger partial charge on any atom is 0.242 e. The van der Waals surface area contributed by atoms with E-state index in [0.29, 0.717) is 17.3 Å². The lowest BCUT2D eigenvalue weighted by Gasteiger charge is -2.39. The van der Waals surface area contributed by atoms with E-state index in [4.69, 9.17) is 9.47 Å². The summed E-state index contributed by atoms with van der Waals surface area (Å²) in [6.07, 6.45) is 8.96. The van der Waals surface area contributed by atoms with Gasteiger partial charge >= 0.3 is 0 Å². The number of carbonyl (C=O) groups excluding carboxylic acids is 1. The Hall–Kier alpha value is -2.82. The minimum Gasteiger partial charge on any atom is -0.454 e. The number of amides is 1. The maximum absolute atomic E-state index is 13.9. The molecule has 1 aliphatic heterocycles. The van der Waals surface area contributed by atoms with Crippen LogP contribution in [-0.2, 0) is 10.2 Å². The van der Waals surface area contributed by atoms with E-state index in [1.54, 1.807) is 12.3 Å². The van der Waals surface area contributed by atoms with Crippen LogP contribution in [0.2, 0.25) is 0 Å². The van der Waals surface area contributed by atoms with E-state index in [9.17, 15) is 4.79 Å². The van der Waals surface area contributed by atoms with Gasteiger partial charge in [-0.2, -0.15) is 0 Å². The molecule has 0 N–H and O–H groups in total. The lowest BCUT2D eigenvalue weighted by Crippen LogP contribution is -2.50. The molecule has 0 bridgehead atoms. The van der Waals surface area contributed by atoms with Crippen molar-refractivity contribution in [2.75, 3.05) is 11.7 Å². The molecule has 1 aromatic carbocycles. The normalized spacial score (nSPS) is 18.3. The van der Waals surface area contributed by atoms with Gasteiger partial charge in [0.2, 0.25) is 12.7 Å². The number of nitrogens with zero attached hydrogens (tertiary/aromatic N) is 2. The van der Waals surface area contributed by atoms with Gasteiger partial charge < -0.3 is 9.47 Å². The SMILES string of the molecule is C=CC(C)(C(=O)N(c1ccccn1)C1CCCCC1)c1ccc2c(c1)OCO2. The van der Waals surface area contributed by atoms with Crippen LogP contribution < -0.4 is 14.4 Å². The van der Waals surface area contributed by atoms with Gasteiger partial charge in [-0.15, -0.1) is 6.58 Å². The number of pyridine rings is 1. The topological polar surface area (TPSA) is 51.7 Å². The Bertz CT molecular complexity index is 861. The quantitative estimate of drug-likeness (QED) is 0.713. The molecule has 1 aromatic heterocycles. The average molecular weight is 378 g/mol. The minimum absolute atomic E-state index is 0.00744. The molecule has 2 aromatic rings. The predicted molar refractivity (Wildman–Crippen MR) is 109 cm³/mol. The summed E-state index contributed by atoms with van der Waals surface area (Å²) in [5, 5.41) is 0. The third kappa shape index (κ3) is 3.26. The molecule has 0 radical (unpaired) electrons. The van der Waals surface area contributed by atoms with Crippen molar-refractivity contribution in [1.29, 1.82) is 0 Å². The molecule has 146 valence electrons. The van der Waals surface area contributed by atoms with Gasteiger partial charge in [0.1, 0.15) is 5.82 Å². The largest absolute Gasteiger partial charge is 0.454 e. The highest BCUT2D eigenvalue weighted by atomic mass is 16.7. The van der Waals surface area contributed by atoms with Gasteiger partial charge in [-0.3, -0.25) is 9.69 Å². The first-order valence-corrected chi connectivity index (χ1v) is 9.92. The molecule has 28 heavy (non-hydrogen) atoms. The van der Waals surface area contributed by atoms with Gasteiger partial charge in [-0.1, -0.05) is 37.5 Å². The molecule has 0 spiro atoms. The number of carbonyl (C=O) groups is 1. The zero-order chi connectivity index (χ0) is 19.6. The zero-order valence-electron chi connectivity index (χ0n) is 16.3. The summed E-state index contributed by atoms with van der Waals surface area (Å²) in [6, 6.07) is 11.5. The summed E-state index contributed by atoms with van der Waals surface area (Å²) in [4.78, 5) is 20.3. The fourth-order valence-corrected chi connectivity index (χ4v) is 4.09. The standard InChI is InChI=1S/C23H26N2O3/c1-3-23(2,17-12-13-19-20(15-17)28-16-27-19)22(26)25(18-9-5-4-6-10-18)21-11-7-8-14-24-21/h3,7-8,11-15,18H,1,4-6,9-10,16H2,2H3. The molecule has 1 aliphatic carbocycles. The Morgan fingerprint density at radius 1 is 1.18 bits per heavy atom. The first-order chi connectivity index (χ1) is 13.6. The molecule has 1 fully saturated rings. The number of anilines is 1. The van der Waals surface area contributed by atoms with E-state index in [1.165, 1.54) is 6.42 Å². The van der Waals surface area contributed by atoms with E-state index >= 15 is 0 Å². The Labute approximate surface area is 166 Å². The summed E-state index contributed by atoms with van der Waals surface area (Å²) >= 11 is 0. The van der Waals surface area contributed by atoms with Crippen molar-refractivity contribution >= 4 is 11.7 Å². The number of ether oxygens (including phenoxy) is 2. The van der Waals surface area contributed by atoms with Crippen LogP contribution in [0.15, 0.2) is 55.3 Å². The maximum atomic E-state index is 13.9. The van der Waals surface area contributed by atoms with Gasteiger partial charge in [0.05, 0.1) is 5.41 Å². The molecular formula is C23H26N2O3. The van der Waals surface area contributed by atoms with Gasteiger partial charge in [-0.05, 0) is 49.6 Å². The van der Waals surface area contributed by atoms with Gasteiger partial charge in [-0.25, -0.2) is 4.98 Å². The van der Waals surface area contributed by atoms with Crippen LogP contribution in [0.25, 0.3) is 0 Å². The minimum atomic E-state index is -0.893. The molecule has 2 heterocycles. The van der Waals surface area contributed by atoms with E-state index in [1.807, 2.05) is 48.2 Å². The monoisotopic (exact) mass is 378 g/mol. The van der Waals surface area contributed by atoms with Crippen molar-refractivity contribution in [3.63, 3.8) is 0 Å². The number of rotatable bonds is 5. The summed E-state index contributed by atoms with van der Waals surface area (Å²) in [5.74, 6) is 2.07. The third-order valence-corrected chi connectivity index (χ3v) is 5.88. The Balaban J connectivity index is 1.74. The van der Waals surface area contributed by atoms with Crippen LogP contribution in [0.1, 0.15) is 44.6 Å². The summed E-state index contributed by atoms with van der Waals surface area (Å²) in [7, 11) is 0. The van der Waals surface area contributed by atoms with E-state index in [-0.39, 0.29) is 18.7 Å². The molecule has 1 saturated carbocycles. The Morgan fingerprint density at radius 3 is 2.68 bits per heavy atom. The first-order valence-electron chi connectivity index (χ1n) is 9.92. The lowest BCUT2D eigenvalue weighted by atomic mass is 9.80. The molecule has 4 rings (SSSR count). The molecule has 1 amide bonds. The van der Waals surface area contributed by atoms with E-state index in [0.717, 1.165) is 31.2 Å². The van der Waals surface area contributed by atoms with E-state index < -0.39 is 5.41 Å². The summed E-state index contributed by atoms with van der Waals surface area (Å²) in [5.41, 5.74) is -0.0517. The number of benzene rings is 1. The second-order valence-electron chi connectivity index (χ2n) is 7.63. The smallest absolute Gasteiger partial charge is 0.242 e. The number of fused-ring (bicyclic) bond motifs is 1. The van der Waals surface area contributed by atoms with Crippen LogP contribution in [0.5, 0.6) is 11.5 Å². The van der Waals surface area contributed by atoms with Crippen molar-refractivity contribution in [2.24, 2.45) is 0 Å². The van der Waals surface area contributed by atoms with Crippen molar-refractivity contribution in [3.05, 3.63) is 60.8 Å². The third-order valence-electron chi connectivity index (χ3n) is 5.88. The van der Waals surface area contributed by atoms with Crippen LogP contribution in [-0.4, -0.2) is 23.7 Å². The van der Waals surface area contributed by atoms with Crippen molar-refractivity contribution in [2.45, 2.75) is 50.5 Å². The highest BCUT2D eigenvalue weighted by molar-refractivity contribution is 6.02. The van der Waals surface area contributed by atoms with Crippen LogP contribution >= 0.6 is 0 Å².